The minimum Gasteiger partial charge on any atom is -0.508 e. The van der Waals surface area contributed by atoms with Crippen molar-refractivity contribution in [2.24, 2.45) is 0 Å². The summed E-state index contributed by atoms with van der Waals surface area (Å²) in [5.74, 6) is 0.660. The van der Waals surface area contributed by atoms with Crippen molar-refractivity contribution in [2.45, 2.75) is 12.5 Å². The van der Waals surface area contributed by atoms with Gasteiger partial charge in [0, 0.05) is 22.8 Å². The number of ether oxygens (including phenoxy) is 2. The molecular weight excluding hydrogens is 316 g/mol. The van der Waals surface area contributed by atoms with Gasteiger partial charge in [0.15, 0.2) is 5.60 Å². The van der Waals surface area contributed by atoms with Crippen molar-refractivity contribution in [1.82, 2.24) is 0 Å². The predicted molar refractivity (Wildman–Crippen MR) is 93.4 cm³/mol. The van der Waals surface area contributed by atoms with E-state index in [9.17, 15) is 9.90 Å². The van der Waals surface area contributed by atoms with Crippen LogP contribution in [-0.4, -0.2) is 11.1 Å². The molecule has 1 N–H and O–H groups in total. The first-order chi connectivity index (χ1) is 12.1. The van der Waals surface area contributed by atoms with Gasteiger partial charge in [-0.2, -0.15) is 0 Å². The van der Waals surface area contributed by atoms with Crippen molar-refractivity contribution in [3.05, 3.63) is 95.3 Å². The van der Waals surface area contributed by atoms with Gasteiger partial charge in [-0.05, 0) is 31.2 Å². The molecule has 4 heteroatoms. The Morgan fingerprint density at radius 2 is 1.96 bits per heavy atom. The van der Waals surface area contributed by atoms with E-state index in [-0.39, 0.29) is 5.75 Å². The number of phenols is 1. The maximum Gasteiger partial charge on any atom is 0.340 e. The Balaban J connectivity index is 2.12. The van der Waals surface area contributed by atoms with Gasteiger partial charge in [-0.15, -0.1) is 0 Å². The summed E-state index contributed by atoms with van der Waals surface area (Å²) in [5, 5.41) is 9.86. The lowest BCUT2D eigenvalue weighted by Gasteiger charge is -2.36. The monoisotopic (exact) mass is 332 g/mol. The van der Waals surface area contributed by atoms with Crippen LogP contribution in [0.1, 0.15) is 28.4 Å². The molecule has 2 aromatic rings. The predicted octanol–water partition coefficient (Wildman–Crippen LogP) is 4.21. The van der Waals surface area contributed by atoms with E-state index in [1.54, 1.807) is 36.4 Å². The first kappa shape index (κ1) is 15.3. The molecule has 25 heavy (non-hydrogen) atoms. The van der Waals surface area contributed by atoms with E-state index in [1.807, 2.05) is 25.1 Å². The number of benzene rings is 2. The lowest BCUT2D eigenvalue weighted by Crippen LogP contribution is -2.34. The summed E-state index contributed by atoms with van der Waals surface area (Å²) in [6.45, 7) is 5.78. The molecular formula is C21H16O4. The third-order valence-corrected chi connectivity index (χ3v) is 4.50. The Morgan fingerprint density at radius 3 is 2.72 bits per heavy atom. The number of esters is 1. The highest BCUT2D eigenvalue weighted by Gasteiger charge is 2.53. The fraction of sp³-hybridized carbons (Fsp3) is 0.0952. The Labute approximate surface area is 145 Å². The molecule has 1 atom stereocenters. The second-order valence-corrected chi connectivity index (χ2v) is 5.88. The molecule has 0 saturated carbocycles. The standard InChI is InChI=1S/C21H16O4/c1-3-7-18-15(4-2)21(17-11-10-13(22)12-19(17)24-18)16-9-6-5-8-14(16)20(23)25-21/h3-12,22H,2H2,1H3/b7-3-. The lowest BCUT2D eigenvalue weighted by molar-refractivity contribution is 0.0217. The molecule has 0 aromatic heterocycles. The number of carbonyl (C=O) groups is 1. The molecule has 2 aliphatic heterocycles. The zero-order valence-electron chi connectivity index (χ0n) is 13.7. The molecule has 0 radical (unpaired) electrons. The quantitative estimate of drug-likeness (QED) is 0.837. The van der Waals surface area contributed by atoms with E-state index in [1.165, 1.54) is 6.07 Å². The van der Waals surface area contributed by atoms with Crippen LogP contribution in [0.5, 0.6) is 11.5 Å². The molecule has 124 valence electrons. The summed E-state index contributed by atoms with van der Waals surface area (Å²) < 4.78 is 11.9. The zero-order chi connectivity index (χ0) is 17.6. The van der Waals surface area contributed by atoms with E-state index in [4.69, 9.17) is 9.47 Å². The topological polar surface area (TPSA) is 55.8 Å². The molecule has 0 aliphatic carbocycles. The Morgan fingerprint density at radius 1 is 1.16 bits per heavy atom. The second-order valence-electron chi connectivity index (χ2n) is 5.88. The number of carbonyl (C=O) groups excluding carboxylic acids is 1. The second kappa shape index (κ2) is 5.38. The van der Waals surface area contributed by atoms with Gasteiger partial charge >= 0.3 is 5.97 Å². The third kappa shape index (κ3) is 1.97. The maximum atomic E-state index is 12.6. The van der Waals surface area contributed by atoms with Crippen molar-refractivity contribution in [1.29, 1.82) is 0 Å². The first-order valence-corrected chi connectivity index (χ1v) is 7.96. The summed E-state index contributed by atoms with van der Waals surface area (Å²) in [6, 6.07) is 12.1. The summed E-state index contributed by atoms with van der Waals surface area (Å²) in [7, 11) is 0. The fourth-order valence-electron chi connectivity index (χ4n) is 3.52. The summed E-state index contributed by atoms with van der Waals surface area (Å²) in [5.41, 5.74) is 1.44. The van der Waals surface area contributed by atoms with Crippen molar-refractivity contribution < 1.29 is 19.4 Å². The van der Waals surface area contributed by atoms with Crippen LogP contribution in [0.4, 0.5) is 0 Å². The molecule has 2 aromatic carbocycles. The van der Waals surface area contributed by atoms with Crippen molar-refractivity contribution in [3.8, 4) is 11.5 Å². The first-order valence-electron chi connectivity index (χ1n) is 7.96. The summed E-state index contributed by atoms with van der Waals surface area (Å²) in [4.78, 5) is 12.6. The molecule has 2 aliphatic rings. The molecule has 0 fully saturated rings. The molecule has 0 bridgehead atoms. The van der Waals surface area contributed by atoms with Crippen LogP contribution in [0.15, 0.2) is 78.6 Å². The number of allylic oxidation sites excluding steroid dienone is 2. The zero-order valence-corrected chi connectivity index (χ0v) is 13.7. The Hall–Kier alpha value is -3.27. The molecule has 2 heterocycles. The molecule has 4 nitrogen and oxygen atoms in total. The fourth-order valence-corrected chi connectivity index (χ4v) is 3.52. The Kier molecular flexibility index (Phi) is 3.29. The van der Waals surface area contributed by atoms with E-state index in [0.717, 1.165) is 5.56 Å². The van der Waals surface area contributed by atoms with Gasteiger partial charge in [-0.3, -0.25) is 0 Å². The maximum absolute atomic E-state index is 12.6. The van der Waals surface area contributed by atoms with Gasteiger partial charge in [0.05, 0.1) is 5.56 Å². The van der Waals surface area contributed by atoms with Crippen LogP contribution in [0, 0.1) is 0 Å². The number of aromatic hydroxyl groups is 1. The average Bonchev–Trinajstić information content (AvgIpc) is 2.89. The van der Waals surface area contributed by atoms with Crippen LogP contribution in [0.3, 0.4) is 0 Å². The molecule has 1 unspecified atom stereocenters. The van der Waals surface area contributed by atoms with Crippen molar-refractivity contribution in [3.63, 3.8) is 0 Å². The minimum absolute atomic E-state index is 0.0772. The molecule has 0 amide bonds. The van der Waals surface area contributed by atoms with Gasteiger partial charge in [-0.25, -0.2) is 4.79 Å². The lowest BCUT2D eigenvalue weighted by atomic mass is 9.77. The molecule has 0 saturated heterocycles. The third-order valence-electron chi connectivity index (χ3n) is 4.50. The van der Waals surface area contributed by atoms with Crippen LogP contribution in [0.25, 0.3) is 0 Å². The molecule has 4 rings (SSSR count). The highest BCUT2D eigenvalue weighted by molar-refractivity contribution is 5.97. The summed E-state index contributed by atoms with van der Waals surface area (Å²) in [6.07, 6.45) is 5.28. The van der Waals surface area contributed by atoms with Gasteiger partial charge in [0.25, 0.3) is 0 Å². The number of fused-ring (bicyclic) bond motifs is 4. The van der Waals surface area contributed by atoms with Crippen LogP contribution in [0.2, 0.25) is 0 Å². The number of rotatable bonds is 2. The SMILES string of the molecule is C=CC1=C(/C=C\C)Oc2cc(O)ccc2C12OC(=O)c1ccccc12. The van der Waals surface area contributed by atoms with Crippen LogP contribution < -0.4 is 4.74 Å². The van der Waals surface area contributed by atoms with E-state index in [2.05, 4.69) is 6.58 Å². The van der Waals surface area contributed by atoms with Gasteiger partial charge in [-0.1, -0.05) is 36.9 Å². The smallest absolute Gasteiger partial charge is 0.340 e. The van der Waals surface area contributed by atoms with E-state index in [0.29, 0.717) is 28.2 Å². The Bertz CT molecular complexity index is 968. The van der Waals surface area contributed by atoms with E-state index < -0.39 is 11.6 Å². The largest absolute Gasteiger partial charge is 0.508 e. The van der Waals surface area contributed by atoms with Crippen LogP contribution >= 0.6 is 0 Å². The summed E-state index contributed by atoms with van der Waals surface area (Å²) >= 11 is 0. The highest BCUT2D eigenvalue weighted by atomic mass is 16.6. The molecule has 1 spiro atoms. The minimum atomic E-state index is -1.13. The van der Waals surface area contributed by atoms with Gasteiger partial charge in [0.1, 0.15) is 17.3 Å². The highest BCUT2D eigenvalue weighted by Crippen LogP contribution is 2.54. The number of hydrogen-bond donors (Lipinski definition) is 1. The van der Waals surface area contributed by atoms with Crippen LogP contribution in [-0.2, 0) is 10.3 Å². The van der Waals surface area contributed by atoms with Crippen molar-refractivity contribution in [2.75, 3.05) is 0 Å². The normalized spacial score (nSPS) is 21.1. The van der Waals surface area contributed by atoms with Gasteiger partial charge in [0.2, 0.25) is 0 Å². The number of phenolic OH excluding ortho intramolecular Hbond substituents is 1. The average molecular weight is 332 g/mol. The van der Waals surface area contributed by atoms with Gasteiger partial charge < -0.3 is 14.6 Å². The van der Waals surface area contributed by atoms with Crippen molar-refractivity contribution >= 4 is 5.97 Å². The number of hydrogen-bond acceptors (Lipinski definition) is 4. The van der Waals surface area contributed by atoms with E-state index >= 15 is 0 Å².